The number of anilines is 2. The highest BCUT2D eigenvalue weighted by Crippen LogP contribution is 2.23. The first-order valence-corrected chi connectivity index (χ1v) is 8.92. The molecular formula is C19H25N6O2+. The van der Waals surface area contributed by atoms with Crippen LogP contribution in [-0.2, 0) is 31.4 Å². The first-order chi connectivity index (χ1) is 13.0. The first kappa shape index (κ1) is 18.6. The summed E-state index contributed by atoms with van der Waals surface area (Å²) in [4.78, 5) is 22.0. The van der Waals surface area contributed by atoms with Crippen LogP contribution in [0.15, 0.2) is 24.4 Å². The van der Waals surface area contributed by atoms with Crippen LogP contribution in [0.25, 0.3) is 11.0 Å². The van der Waals surface area contributed by atoms with Crippen LogP contribution in [0.2, 0.25) is 0 Å². The van der Waals surface area contributed by atoms with Crippen molar-refractivity contribution >= 4 is 29.1 Å². The molecule has 0 atom stereocenters. The molecule has 2 aromatic heterocycles. The molecule has 2 N–H and O–H groups in total. The predicted octanol–water partition coefficient (Wildman–Crippen LogP) is 1.59. The molecule has 142 valence electrons. The van der Waals surface area contributed by atoms with Gasteiger partial charge in [-0.05, 0) is 25.5 Å². The second kappa shape index (κ2) is 7.61. The van der Waals surface area contributed by atoms with Crippen LogP contribution in [0.1, 0.15) is 25.4 Å². The average Bonchev–Trinajstić information content (AvgIpc) is 2.96. The zero-order chi connectivity index (χ0) is 19.6. The lowest BCUT2D eigenvalue weighted by atomic mass is 10.3. The number of amides is 1. The maximum Gasteiger partial charge on any atom is 0.277 e. The Balaban J connectivity index is 2.09. The third kappa shape index (κ3) is 3.30. The van der Waals surface area contributed by atoms with Crippen LogP contribution in [0.4, 0.5) is 11.6 Å². The van der Waals surface area contributed by atoms with E-state index in [4.69, 9.17) is 10.5 Å². The Kier molecular flexibility index (Phi) is 5.25. The molecule has 0 aliphatic carbocycles. The average molecular weight is 369 g/mol. The van der Waals surface area contributed by atoms with Gasteiger partial charge in [0.15, 0.2) is 22.7 Å². The summed E-state index contributed by atoms with van der Waals surface area (Å²) in [6, 6.07) is 5.94. The summed E-state index contributed by atoms with van der Waals surface area (Å²) in [6.45, 7) is 5.14. The standard InChI is InChI=1S/C19H25N6O2/c1-5-13-10-21-18(20)19(22-13)24(12-26)11-17-23(3)15-8-7-14(27-4)9-16(15)25(17)6-2/h7-10,12H,5-6,11H2,1-4H3,(H2,20,21)/q+1. The van der Waals surface area contributed by atoms with Crippen molar-refractivity contribution in [3.05, 3.63) is 35.9 Å². The second-order valence-corrected chi connectivity index (χ2v) is 6.23. The molecule has 8 heteroatoms. The van der Waals surface area contributed by atoms with Crippen LogP contribution in [-0.4, -0.2) is 28.1 Å². The summed E-state index contributed by atoms with van der Waals surface area (Å²) in [7, 11) is 3.63. The second-order valence-electron chi connectivity index (χ2n) is 6.23. The monoisotopic (exact) mass is 369 g/mol. The van der Waals surface area contributed by atoms with Crippen LogP contribution < -0.4 is 19.9 Å². The number of nitrogens with two attached hydrogens (primary N) is 1. The van der Waals surface area contributed by atoms with Gasteiger partial charge >= 0.3 is 0 Å². The smallest absolute Gasteiger partial charge is 0.277 e. The number of hydrogen-bond acceptors (Lipinski definition) is 5. The summed E-state index contributed by atoms with van der Waals surface area (Å²) < 4.78 is 9.59. The maximum absolute atomic E-state index is 11.9. The number of imidazole rings is 1. The van der Waals surface area contributed by atoms with Gasteiger partial charge in [-0.2, -0.15) is 0 Å². The van der Waals surface area contributed by atoms with Crippen LogP contribution in [0, 0.1) is 0 Å². The van der Waals surface area contributed by atoms with Gasteiger partial charge in [-0.1, -0.05) is 6.92 Å². The van der Waals surface area contributed by atoms with E-state index in [1.165, 1.54) is 4.90 Å². The Morgan fingerprint density at radius 3 is 2.78 bits per heavy atom. The lowest BCUT2D eigenvalue weighted by Gasteiger charge is -2.17. The normalized spacial score (nSPS) is 11.0. The van der Waals surface area contributed by atoms with Crippen molar-refractivity contribution in [2.24, 2.45) is 7.05 Å². The number of fused-ring (bicyclic) bond motifs is 1. The summed E-state index contributed by atoms with van der Waals surface area (Å²) in [5, 5.41) is 0. The van der Waals surface area contributed by atoms with Gasteiger partial charge in [-0.15, -0.1) is 0 Å². The number of benzene rings is 1. The number of carbonyl (C=O) groups is 1. The van der Waals surface area contributed by atoms with Crippen molar-refractivity contribution in [3.8, 4) is 5.75 Å². The van der Waals surface area contributed by atoms with E-state index in [1.54, 1.807) is 13.3 Å². The Hall–Kier alpha value is -3.16. The van der Waals surface area contributed by atoms with Crippen molar-refractivity contribution in [2.45, 2.75) is 33.4 Å². The quantitative estimate of drug-likeness (QED) is 0.505. The molecule has 0 saturated heterocycles. The van der Waals surface area contributed by atoms with E-state index in [2.05, 4.69) is 26.0 Å². The lowest BCUT2D eigenvalue weighted by Crippen LogP contribution is -2.38. The third-order valence-corrected chi connectivity index (χ3v) is 4.75. The molecular weight excluding hydrogens is 344 g/mol. The zero-order valence-electron chi connectivity index (χ0n) is 16.1. The molecule has 8 nitrogen and oxygen atoms in total. The highest BCUT2D eigenvalue weighted by Gasteiger charge is 2.26. The van der Waals surface area contributed by atoms with Gasteiger partial charge in [0.1, 0.15) is 12.3 Å². The number of nitrogens with zero attached hydrogens (tertiary/aromatic N) is 5. The number of ether oxygens (including phenoxy) is 1. The Morgan fingerprint density at radius 1 is 1.37 bits per heavy atom. The van der Waals surface area contributed by atoms with E-state index >= 15 is 0 Å². The molecule has 1 aromatic carbocycles. The van der Waals surface area contributed by atoms with Crippen LogP contribution >= 0.6 is 0 Å². The Labute approximate surface area is 158 Å². The maximum atomic E-state index is 11.9. The zero-order valence-corrected chi connectivity index (χ0v) is 16.1. The summed E-state index contributed by atoms with van der Waals surface area (Å²) >= 11 is 0. The van der Waals surface area contributed by atoms with Crippen molar-refractivity contribution in [3.63, 3.8) is 0 Å². The topological polar surface area (TPSA) is 90.2 Å². The molecule has 0 bridgehead atoms. The first-order valence-electron chi connectivity index (χ1n) is 8.92. The van der Waals surface area contributed by atoms with Crippen LogP contribution in [0.3, 0.4) is 0 Å². The number of nitrogen functional groups attached to an aromatic ring is 1. The van der Waals surface area contributed by atoms with Gasteiger partial charge in [0.25, 0.3) is 5.82 Å². The highest BCUT2D eigenvalue weighted by atomic mass is 16.5. The number of methoxy groups -OCH3 is 1. The van der Waals surface area contributed by atoms with Gasteiger partial charge < -0.3 is 10.5 Å². The number of carbonyl (C=O) groups excluding carboxylic acids is 1. The van der Waals surface area contributed by atoms with Gasteiger partial charge in [0, 0.05) is 6.07 Å². The van der Waals surface area contributed by atoms with Crippen molar-refractivity contribution in [2.75, 3.05) is 17.7 Å². The van der Waals surface area contributed by atoms with E-state index in [0.29, 0.717) is 12.4 Å². The molecule has 0 unspecified atom stereocenters. The fourth-order valence-electron chi connectivity index (χ4n) is 3.25. The fourth-order valence-corrected chi connectivity index (χ4v) is 3.25. The lowest BCUT2D eigenvalue weighted by molar-refractivity contribution is -0.653. The van der Waals surface area contributed by atoms with Crippen molar-refractivity contribution < 1.29 is 14.1 Å². The molecule has 0 fully saturated rings. The number of hydrogen-bond donors (Lipinski definition) is 1. The van der Waals surface area contributed by atoms with E-state index in [-0.39, 0.29) is 5.82 Å². The van der Waals surface area contributed by atoms with Crippen LogP contribution in [0.5, 0.6) is 5.75 Å². The minimum atomic E-state index is 0.239. The molecule has 1 amide bonds. The van der Waals surface area contributed by atoms with Gasteiger partial charge in [-0.3, -0.25) is 9.69 Å². The minimum absolute atomic E-state index is 0.239. The van der Waals surface area contributed by atoms with Crippen molar-refractivity contribution in [1.29, 1.82) is 0 Å². The SMILES string of the molecule is CCc1cnc(N)c(N(C=O)Cc2n(CC)c3cc(OC)ccc3[n+]2C)n1. The van der Waals surface area contributed by atoms with Gasteiger partial charge in [0.2, 0.25) is 6.41 Å². The molecule has 0 radical (unpaired) electrons. The van der Waals surface area contributed by atoms with E-state index in [0.717, 1.165) is 47.7 Å². The fraction of sp³-hybridized carbons (Fsp3) is 0.368. The van der Waals surface area contributed by atoms with E-state index in [9.17, 15) is 4.79 Å². The third-order valence-electron chi connectivity index (χ3n) is 4.75. The molecule has 3 aromatic rings. The number of rotatable bonds is 7. The molecule has 0 aliphatic heterocycles. The number of aromatic nitrogens is 4. The summed E-state index contributed by atoms with van der Waals surface area (Å²) in [5.41, 5.74) is 8.88. The Bertz CT molecular complexity index is 982. The number of aryl methyl sites for hydroxylation is 3. The summed E-state index contributed by atoms with van der Waals surface area (Å²) in [5.74, 6) is 2.37. The largest absolute Gasteiger partial charge is 0.497 e. The van der Waals surface area contributed by atoms with Gasteiger partial charge in [-0.25, -0.2) is 19.1 Å². The van der Waals surface area contributed by atoms with Crippen molar-refractivity contribution in [1.82, 2.24) is 14.5 Å². The minimum Gasteiger partial charge on any atom is -0.497 e. The van der Waals surface area contributed by atoms with E-state index < -0.39 is 0 Å². The van der Waals surface area contributed by atoms with E-state index in [1.807, 2.05) is 32.2 Å². The molecule has 0 aliphatic rings. The predicted molar refractivity (Wildman–Crippen MR) is 103 cm³/mol. The van der Waals surface area contributed by atoms with Gasteiger partial charge in [0.05, 0.1) is 32.6 Å². The molecule has 2 heterocycles. The molecule has 0 saturated carbocycles. The Morgan fingerprint density at radius 2 is 2.15 bits per heavy atom. The highest BCUT2D eigenvalue weighted by molar-refractivity contribution is 5.79. The summed E-state index contributed by atoms with van der Waals surface area (Å²) in [6.07, 6.45) is 3.10. The molecule has 3 rings (SSSR count). The molecule has 0 spiro atoms. The molecule has 27 heavy (non-hydrogen) atoms.